The maximum Gasteiger partial charge on any atom is 0.229 e. The molecule has 12 nitrogen and oxygen atoms in total. The van der Waals surface area contributed by atoms with Crippen molar-refractivity contribution < 1.29 is 54.7 Å². The van der Waals surface area contributed by atoms with Crippen LogP contribution in [0.2, 0.25) is 0 Å². The summed E-state index contributed by atoms with van der Waals surface area (Å²) in [5, 5.41) is 78.2. The minimum atomic E-state index is -1.68. The van der Waals surface area contributed by atoms with E-state index >= 15 is 0 Å². The highest BCUT2D eigenvalue weighted by Gasteiger charge is 2.44. The standard InChI is InChI=1S/C21H20O12/c22-6-14-17(27)19(29)20(30)21(33-14)32-11-2-1-7(3-8(11)23)12-4-9(24)15-13(31-12)5-10(25)16(26)18(15)28/h1-5,14,17,19-23,25-30H,6H2/t14-,17-,19+,20-,21-/m1/s1. The fraction of sp³-hybridized carbons (Fsp3) is 0.286. The van der Waals surface area contributed by atoms with Gasteiger partial charge in [0.2, 0.25) is 12.0 Å². The van der Waals surface area contributed by atoms with E-state index in [4.69, 9.17) is 13.9 Å². The lowest BCUT2D eigenvalue weighted by atomic mass is 9.99. The van der Waals surface area contributed by atoms with Gasteiger partial charge in [0.15, 0.2) is 28.4 Å². The summed E-state index contributed by atoms with van der Waals surface area (Å²) in [6.45, 7) is -0.653. The molecule has 0 bridgehead atoms. The Hall–Kier alpha value is -3.55. The molecule has 1 fully saturated rings. The van der Waals surface area contributed by atoms with Crippen molar-refractivity contribution in [3.8, 4) is 40.1 Å². The van der Waals surface area contributed by atoms with Crippen LogP contribution in [0.25, 0.3) is 22.3 Å². The third-order valence-electron chi connectivity index (χ3n) is 5.28. The molecule has 3 aromatic rings. The summed E-state index contributed by atoms with van der Waals surface area (Å²) in [6.07, 6.45) is -7.64. The summed E-state index contributed by atoms with van der Waals surface area (Å²) in [5.74, 6) is -3.11. The highest BCUT2D eigenvalue weighted by molar-refractivity contribution is 5.89. The van der Waals surface area contributed by atoms with Gasteiger partial charge in [-0.3, -0.25) is 4.79 Å². The van der Waals surface area contributed by atoms with Crippen LogP contribution in [0.1, 0.15) is 0 Å². The minimum absolute atomic E-state index is 0.0494. The van der Waals surface area contributed by atoms with Crippen LogP contribution in [0.5, 0.6) is 28.7 Å². The van der Waals surface area contributed by atoms with E-state index in [1.54, 1.807) is 0 Å². The van der Waals surface area contributed by atoms with Crippen molar-refractivity contribution in [1.82, 2.24) is 0 Å². The zero-order chi connectivity index (χ0) is 24.0. The minimum Gasteiger partial charge on any atom is -0.504 e. The van der Waals surface area contributed by atoms with Crippen molar-refractivity contribution >= 4 is 11.0 Å². The van der Waals surface area contributed by atoms with Crippen LogP contribution >= 0.6 is 0 Å². The van der Waals surface area contributed by atoms with E-state index in [-0.39, 0.29) is 28.0 Å². The van der Waals surface area contributed by atoms with Crippen molar-refractivity contribution in [2.75, 3.05) is 6.61 Å². The number of fused-ring (bicyclic) bond motifs is 1. The number of aliphatic hydroxyl groups is 4. The molecule has 0 radical (unpaired) electrons. The summed E-state index contributed by atoms with van der Waals surface area (Å²) < 4.78 is 16.1. The van der Waals surface area contributed by atoms with Gasteiger partial charge in [0.05, 0.1) is 6.61 Å². The highest BCUT2D eigenvalue weighted by atomic mass is 16.7. The zero-order valence-electron chi connectivity index (χ0n) is 16.7. The second kappa shape index (κ2) is 8.42. The number of phenolic OH excluding ortho intramolecular Hbond substituents is 4. The first-order chi connectivity index (χ1) is 15.6. The Morgan fingerprint density at radius 3 is 2.27 bits per heavy atom. The van der Waals surface area contributed by atoms with Crippen LogP contribution in [0.4, 0.5) is 0 Å². The molecule has 0 aliphatic carbocycles. The Labute approximate surface area is 184 Å². The third kappa shape index (κ3) is 3.90. The maximum absolute atomic E-state index is 12.4. The number of benzene rings is 2. The Morgan fingerprint density at radius 2 is 1.61 bits per heavy atom. The first kappa shape index (κ1) is 22.6. The summed E-state index contributed by atoms with van der Waals surface area (Å²) in [5.41, 5.74) is -0.744. The molecular formula is C21H20O12. The average molecular weight is 464 g/mol. The van der Waals surface area contributed by atoms with Gasteiger partial charge in [-0.25, -0.2) is 0 Å². The number of phenols is 4. The van der Waals surface area contributed by atoms with Crippen molar-refractivity contribution in [2.45, 2.75) is 30.7 Å². The van der Waals surface area contributed by atoms with Gasteiger partial charge in [-0.1, -0.05) is 0 Å². The predicted octanol–water partition coefficient (Wildman–Crippen LogP) is -0.539. The van der Waals surface area contributed by atoms with E-state index < -0.39 is 65.7 Å². The van der Waals surface area contributed by atoms with Crippen LogP contribution in [0, 0.1) is 0 Å². The Balaban J connectivity index is 1.65. The lowest BCUT2D eigenvalue weighted by Gasteiger charge is -2.39. The molecule has 1 aromatic heterocycles. The van der Waals surface area contributed by atoms with Gasteiger partial charge in [0.25, 0.3) is 0 Å². The van der Waals surface area contributed by atoms with Gasteiger partial charge in [0.1, 0.15) is 41.1 Å². The molecule has 176 valence electrons. The number of ether oxygens (including phenoxy) is 2. The third-order valence-corrected chi connectivity index (χ3v) is 5.28. The average Bonchev–Trinajstić information content (AvgIpc) is 2.78. The highest BCUT2D eigenvalue weighted by Crippen LogP contribution is 2.41. The van der Waals surface area contributed by atoms with Gasteiger partial charge >= 0.3 is 0 Å². The molecule has 12 heteroatoms. The van der Waals surface area contributed by atoms with Crippen molar-refractivity contribution in [3.63, 3.8) is 0 Å². The Bertz CT molecular complexity index is 1250. The quantitative estimate of drug-likeness (QED) is 0.229. The number of aromatic hydroxyl groups is 4. The SMILES string of the molecule is O=c1cc(-c2ccc(O[C@@H]3O[C@H](CO)[C@@H](O)[C@H](O)[C@H]3O)c(O)c2)oc2cc(O)c(O)c(O)c12. The normalized spacial score (nSPS) is 25.3. The summed E-state index contributed by atoms with van der Waals surface area (Å²) in [7, 11) is 0. The molecule has 2 aromatic carbocycles. The van der Waals surface area contributed by atoms with E-state index in [0.717, 1.165) is 18.2 Å². The molecule has 8 N–H and O–H groups in total. The van der Waals surface area contributed by atoms with Crippen LogP contribution in [0.15, 0.2) is 39.5 Å². The molecule has 1 aliphatic heterocycles. The zero-order valence-corrected chi connectivity index (χ0v) is 16.7. The fourth-order valence-electron chi connectivity index (χ4n) is 3.48. The fourth-order valence-corrected chi connectivity index (χ4v) is 3.48. The van der Waals surface area contributed by atoms with Crippen molar-refractivity contribution in [1.29, 1.82) is 0 Å². The molecule has 0 saturated carbocycles. The molecule has 1 saturated heterocycles. The lowest BCUT2D eigenvalue weighted by Crippen LogP contribution is -2.60. The molecule has 0 amide bonds. The Kier molecular flexibility index (Phi) is 5.78. The number of rotatable bonds is 4. The molecule has 5 atom stereocenters. The predicted molar refractivity (Wildman–Crippen MR) is 109 cm³/mol. The molecule has 1 aliphatic rings. The van der Waals surface area contributed by atoms with E-state index in [0.29, 0.717) is 0 Å². The molecule has 2 heterocycles. The molecule has 0 spiro atoms. The molecule has 0 unspecified atom stereocenters. The summed E-state index contributed by atoms with van der Waals surface area (Å²) in [6, 6.07) is 5.74. The first-order valence-corrected chi connectivity index (χ1v) is 9.64. The van der Waals surface area contributed by atoms with Crippen molar-refractivity contribution in [3.05, 3.63) is 40.6 Å². The summed E-state index contributed by atoms with van der Waals surface area (Å²) >= 11 is 0. The maximum atomic E-state index is 12.4. The van der Waals surface area contributed by atoms with Gasteiger partial charge < -0.3 is 54.7 Å². The molecular weight excluding hydrogens is 444 g/mol. The number of hydrogen-bond donors (Lipinski definition) is 8. The molecule has 4 rings (SSSR count). The lowest BCUT2D eigenvalue weighted by molar-refractivity contribution is -0.277. The topological polar surface area (TPSA) is 211 Å². The van der Waals surface area contributed by atoms with Crippen LogP contribution in [0.3, 0.4) is 0 Å². The van der Waals surface area contributed by atoms with E-state index in [2.05, 4.69) is 0 Å². The first-order valence-electron chi connectivity index (χ1n) is 9.64. The second-order valence-electron chi connectivity index (χ2n) is 7.44. The van der Waals surface area contributed by atoms with E-state index in [9.17, 15) is 45.6 Å². The largest absolute Gasteiger partial charge is 0.504 e. The Morgan fingerprint density at radius 1 is 0.879 bits per heavy atom. The van der Waals surface area contributed by atoms with Gasteiger partial charge in [0, 0.05) is 17.7 Å². The number of hydrogen-bond acceptors (Lipinski definition) is 12. The number of aliphatic hydroxyl groups excluding tert-OH is 4. The summed E-state index contributed by atoms with van der Waals surface area (Å²) in [4.78, 5) is 12.4. The monoisotopic (exact) mass is 464 g/mol. The van der Waals surface area contributed by atoms with Crippen LogP contribution in [-0.2, 0) is 4.74 Å². The van der Waals surface area contributed by atoms with Crippen molar-refractivity contribution in [2.24, 2.45) is 0 Å². The van der Waals surface area contributed by atoms with Gasteiger partial charge in [-0.15, -0.1) is 0 Å². The van der Waals surface area contributed by atoms with Crippen LogP contribution < -0.4 is 10.2 Å². The smallest absolute Gasteiger partial charge is 0.229 e. The molecule has 33 heavy (non-hydrogen) atoms. The second-order valence-corrected chi connectivity index (χ2v) is 7.44. The van der Waals surface area contributed by atoms with E-state index in [1.165, 1.54) is 12.1 Å². The van der Waals surface area contributed by atoms with Gasteiger partial charge in [-0.05, 0) is 18.2 Å². The van der Waals surface area contributed by atoms with E-state index in [1.807, 2.05) is 0 Å². The van der Waals surface area contributed by atoms with Gasteiger partial charge in [-0.2, -0.15) is 0 Å². The van der Waals surface area contributed by atoms with Crippen LogP contribution in [-0.4, -0.2) is 78.2 Å².